The van der Waals surface area contributed by atoms with E-state index in [1.807, 2.05) is 74.7 Å². The maximum atomic E-state index is 13.2. The van der Waals surface area contributed by atoms with Gasteiger partial charge < -0.3 is 28.8 Å². The summed E-state index contributed by atoms with van der Waals surface area (Å²) in [5.41, 5.74) is 0.884. The van der Waals surface area contributed by atoms with Gasteiger partial charge in [0, 0.05) is 22.7 Å². The number of esters is 2. The fraction of sp³-hybridized carbons (Fsp3) is 0.652. The molecule has 2 aliphatic heterocycles. The van der Waals surface area contributed by atoms with Gasteiger partial charge in [0.25, 0.3) is 10.1 Å². The largest absolute Gasteiger partial charge is 0.458 e. The van der Waals surface area contributed by atoms with Crippen LogP contribution in [0.2, 0.25) is 0 Å². The molecular weight excluding hydrogens is 992 g/mol. The van der Waals surface area contributed by atoms with Gasteiger partial charge in [-0.2, -0.15) is 8.42 Å². The van der Waals surface area contributed by atoms with Crippen LogP contribution < -0.4 is 0 Å². The topological polar surface area (TPSA) is 144 Å². The Morgan fingerprint density at radius 3 is 1.90 bits per heavy atom. The maximum absolute atomic E-state index is 13.2. The highest BCUT2D eigenvalue weighted by Gasteiger charge is 2.53. The summed E-state index contributed by atoms with van der Waals surface area (Å²) >= 11 is 8.03. The second-order valence-corrected chi connectivity index (χ2v) is 15.1. The standard InChI is InChI=1S/C23H28I4O11S/c1-10-4-6-13(7-5-10)39(31,32)38-19-15(9-25)36-23(17(27)21(19)34-12(3)29)37-18-14(8-24)35-22(30)16(26)20(18)33-11(2)28/h4-7,14-23,30H,8-9H2,1-3H3/t14-,15-,16+,17+,18-,19-,20+,21+,22+,23-/m1/s1. The van der Waals surface area contributed by atoms with Gasteiger partial charge >= 0.3 is 11.9 Å². The second kappa shape index (κ2) is 15.0. The SMILES string of the molecule is CC(=O)O[C@H]1[C@H](I)[C@@H](O[C@H]2[C@@H](OC(C)=O)[C@H](I)[C@@H](O)O[C@@H]2CI)O[C@H](CI)[C@H]1OS(=O)(=O)c1ccc(C)cc1. The van der Waals surface area contributed by atoms with E-state index < -0.39 is 79.1 Å². The summed E-state index contributed by atoms with van der Waals surface area (Å²) < 4.78 is 60.7. The molecule has 0 aliphatic carbocycles. The molecule has 0 radical (unpaired) electrons. The first-order valence-electron chi connectivity index (χ1n) is 11.7. The van der Waals surface area contributed by atoms with Crippen LogP contribution >= 0.6 is 90.4 Å². The highest BCUT2D eigenvalue weighted by atomic mass is 127. The van der Waals surface area contributed by atoms with Gasteiger partial charge in [-0.25, -0.2) is 0 Å². The molecule has 0 unspecified atom stereocenters. The first-order valence-corrected chi connectivity index (χ1v) is 18.6. The lowest BCUT2D eigenvalue weighted by molar-refractivity contribution is -0.297. The number of alkyl halides is 4. The number of aliphatic hydroxyl groups is 1. The van der Waals surface area contributed by atoms with Crippen LogP contribution in [-0.2, 0) is 47.6 Å². The molecule has 2 fully saturated rings. The molecule has 1 aromatic carbocycles. The number of carbonyl (C=O) groups excluding carboxylic acids is 2. The lowest BCUT2D eigenvalue weighted by atomic mass is 10.00. The van der Waals surface area contributed by atoms with Crippen molar-refractivity contribution in [3.8, 4) is 0 Å². The molecule has 2 saturated heterocycles. The molecule has 0 saturated carbocycles. The number of ether oxygens (including phenoxy) is 5. The normalized spacial score (nSPS) is 35.3. The van der Waals surface area contributed by atoms with Crippen molar-refractivity contribution in [2.24, 2.45) is 0 Å². The minimum Gasteiger partial charge on any atom is -0.458 e. The van der Waals surface area contributed by atoms with Crippen molar-refractivity contribution in [3.63, 3.8) is 0 Å². The van der Waals surface area contributed by atoms with E-state index in [0.29, 0.717) is 4.43 Å². The minimum atomic E-state index is -4.23. The van der Waals surface area contributed by atoms with Crippen LogP contribution in [0.1, 0.15) is 19.4 Å². The first kappa shape index (κ1) is 34.3. The Kier molecular flexibility index (Phi) is 13.2. The number of rotatable bonds is 9. The Balaban J connectivity index is 1.92. The van der Waals surface area contributed by atoms with E-state index in [0.717, 1.165) is 5.56 Å². The van der Waals surface area contributed by atoms with Crippen molar-refractivity contribution in [2.75, 3.05) is 8.86 Å². The zero-order chi connectivity index (χ0) is 29.1. The minimum absolute atomic E-state index is 0.0367. The van der Waals surface area contributed by atoms with Crippen LogP contribution in [0.5, 0.6) is 0 Å². The molecule has 1 aromatic rings. The molecule has 0 bridgehead atoms. The monoisotopic (exact) mass is 1020 g/mol. The van der Waals surface area contributed by atoms with Crippen molar-refractivity contribution in [2.45, 2.75) is 82.7 Å². The number of hydrogen-bond acceptors (Lipinski definition) is 11. The summed E-state index contributed by atoms with van der Waals surface area (Å²) in [5.74, 6) is -1.18. The molecule has 2 heterocycles. The number of hydrogen-bond donors (Lipinski definition) is 1. The molecule has 0 aromatic heterocycles. The lowest BCUT2D eigenvalue weighted by Gasteiger charge is -2.47. The number of aryl methyl sites for hydroxylation is 1. The molecule has 220 valence electrons. The predicted molar refractivity (Wildman–Crippen MR) is 172 cm³/mol. The summed E-state index contributed by atoms with van der Waals surface area (Å²) in [7, 11) is -4.23. The zero-order valence-electron chi connectivity index (χ0n) is 20.9. The Hall–Kier alpha value is 0.830. The van der Waals surface area contributed by atoms with Gasteiger partial charge in [-0.1, -0.05) is 108 Å². The third-order valence-electron chi connectivity index (χ3n) is 5.91. The second-order valence-electron chi connectivity index (χ2n) is 8.88. The molecule has 16 heteroatoms. The van der Waals surface area contributed by atoms with Crippen molar-refractivity contribution in [1.82, 2.24) is 0 Å². The van der Waals surface area contributed by atoms with E-state index in [1.165, 1.54) is 26.0 Å². The van der Waals surface area contributed by atoms with Gasteiger partial charge in [-0.3, -0.25) is 13.8 Å². The molecule has 11 nitrogen and oxygen atoms in total. The smallest absolute Gasteiger partial charge is 0.303 e. The highest BCUT2D eigenvalue weighted by Crippen LogP contribution is 2.38. The fourth-order valence-corrected chi connectivity index (χ4v) is 8.25. The Morgan fingerprint density at radius 2 is 1.38 bits per heavy atom. The third kappa shape index (κ3) is 8.70. The average molecular weight is 1020 g/mol. The number of halogens is 4. The van der Waals surface area contributed by atoms with Crippen LogP contribution in [0, 0.1) is 6.92 Å². The molecular formula is C23H28I4O11S. The lowest BCUT2D eigenvalue weighted by Crippen LogP contribution is -2.63. The molecule has 10 atom stereocenters. The van der Waals surface area contributed by atoms with Crippen LogP contribution in [-0.4, -0.2) is 91.4 Å². The van der Waals surface area contributed by atoms with Crippen molar-refractivity contribution < 1.29 is 51.0 Å². The average Bonchev–Trinajstić information content (AvgIpc) is 2.86. The Bertz CT molecular complexity index is 1110. The van der Waals surface area contributed by atoms with Crippen LogP contribution in [0.3, 0.4) is 0 Å². The van der Waals surface area contributed by atoms with Crippen molar-refractivity contribution >= 4 is 112 Å². The van der Waals surface area contributed by atoms with Gasteiger partial charge in [0.05, 0.1) is 11.0 Å². The number of benzene rings is 1. The van der Waals surface area contributed by atoms with Crippen LogP contribution in [0.4, 0.5) is 0 Å². The van der Waals surface area contributed by atoms with E-state index in [2.05, 4.69) is 22.6 Å². The summed E-state index contributed by atoms with van der Waals surface area (Å²) in [5, 5.41) is 10.4. The van der Waals surface area contributed by atoms with E-state index in [1.54, 1.807) is 12.1 Å². The first-order chi connectivity index (χ1) is 18.3. The van der Waals surface area contributed by atoms with Gasteiger partial charge in [-0.05, 0) is 19.1 Å². The maximum Gasteiger partial charge on any atom is 0.303 e. The quantitative estimate of drug-likeness (QED) is 0.169. The Morgan fingerprint density at radius 1 is 0.872 bits per heavy atom. The molecule has 2 aliphatic rings. The molecule has 1 N–H and O–H groups in total. The molecule has 3 rings (SSSR count). The zero-order valence-corrected chi connectivity index (χ0v) is 30.4. The van der Waals surface area contributed by atoms with E-state index in [-0.39, 0.29) is 9.32 Å². The Labute approximate surface area is 281 Å². The summed E-state index contributed by atoms with van der Waals surface area (Å²) in [6.45, 7) is 4.32. The van der Waals surface area contributed by atoms with Crippen LogP contribution in [0.25, 0.3) is 0 Å². The van der Waals surface area contributed by atoms with Crippen molar-refractivity contribution in [3.05, 3.63) is 29.8 Å². The molecule has 0 amide bonds. The molecule has 39 heavy (non-hydrogen) atoms. The van der Waals surface area contributed by atoms with Crippen LogP contribution in [0.15, 0.2) is 29.2 Å². The highest BCUT2D eigenvalue weighted by molar-refractivity contribution is 14.1. The van der Waals surface area contributed by atoms with Gasteiger partial charge in [0.15, 0.2) is 12.6 Å². The van der Waals surface area contributed by atoms with Crippen molar-refractivity contribution in [1.29, 1.82) is 0 Å². The third-order valence-corrected chi connectivity index (χ3v) is 11.6. The summed E-state index contributed by atoms with van der Waals surface area (Å²) in [6.07, 6.45) is -7.61. The van der Waals surface area contributed by atoms with Gasteiger partial charge in [0.2, 0.25) is 0 Å². The predicted octanol–water partition coefficient (Wildman–Crippen LogP) is 3.24. The fourth-order valence-electron chi connectivity index (χ4n) is 4.11. The summed E-state index contributed by atoms with van der Waals surface area (Å²) in [4.78, 5) is 23.9. The van der Waals surface area contributed by atoms with Gasteiger partial charge in [0.1, 0.15) is 38.4 Å². The summed E-state index contributed by atoms with van der Waals surface area (Å²) in [6, 6.07) is 6.20. The van der Waals surface area contributed by atoms with E-state index in [4.69, 9.17) is 27.9 Å². The molecule has 0 spiro atoms. The van der Waals surface area contributed by atoms with E-state index >= 15 is 0 Å². The van der Waals surface area contributed by atoms with Gasteiger partial charge in [-0.15, -0.1) is 0 Å². The number of aliphatic hydroxyl groups excluding tert-OH is 1. The number of carbonyl (C=O) groups is 2. The van der Waals surface area contributed by atoms with E-state index in [9.17, 15) is 23.1 Å².